The van der Waals surface area contributed by atoms with Crippen molar-refractivity contribution in [3.63, 3.8) is 0 Å². The van der Waals surface area contributed by atoms with E-state index in [0.717, 1.165) is 227 Å². The molecule has 18 heterocycles. The molecule has 0 aliphatic carbocycles. The Morgan fingerprint density at radius 2 is 0.571 bits per heavy atom. The molecule has 24 heteroatoms. The van der Waals surface area contributed by atoms with Gasteiger partial charge in [0.1, 0.15) is 17.5 Å². The molecule has 12 aliphatic heterocycles. The molecule has 690 valence electrons. The quantitative estimate of drug-likeness (QED) is 0.0608. The number of hydrogen-bond donors (Lipinski definition) is 3. The molecule has 12 aliphatic rings. The fourth-order valence-electron chi connectivity index (χ4n) is 20.5. The Morgan fingerprint density at radius 3 is 0.778 bits per heavy atom. The van der Waals surface area contributed by atoms with Crippen LogP contribution in [0, 0.1) is 35.5 Å². The predicted molar refractivity (Wildman–Crippen MR) is 511 cm³/mol. The molecule has 12 fully saturated rings. The first-order chi connectivity index (χ1) is 60.3. The summed E-state index contributed by atoms with van der Waals surface area (Å²) < 4.78 is 0. The van der Waals surface area contributed by atoms with E-state index in [1.807, 2.05) is 87.9 Å². The van der Waals surface area contributed by atoms with Crippen LogP contribution in [0.4, 0.5) is 34.5 Å². The summed E-state index contributed by atoms with van der Waals surface area (Å²) in [5.74, 6) is 8.68. The van der Waals surface area contributed by atoms with Gasteiger partial charge in [-0.2, -0.15) is 0 Å². The topological polar surface area (TPSA) is 228 Å². The van der Waals surface area contributed by atoms with Gasteiger partial charge < -0.3 is 59.4 Å². The van der Waals surface area contributed by atoms with Crippen molar-refractivity contribution in [3.05, 3.63) is 144 Å². The average Bonchev–Trinajstić information content (AvgIpc) is 0.778. The van der Waals surface area contributed by atoms with Gasteiger partial charge in [0.15, 0.2) is 0 Å². The van der Waals surface area contributed by atoms with Crippen molar-refractivity contribution in [2.75, 3.05) is 208 Å². The average molecular weight is 1730 g/mol. The molecule has 126 heavy (non-hydrogen) atoms. The van der Waals surface area contributed by atoms with Crippen LogP contribution >= 0.6 is 0 Å². The van der Waals surface area contributed by atoms with Gasteiger partial charge in [-0.1, -0.05) is 101 Å². The number of carbonyl (C=O) groups is 3. The molecule has 0 radical (unpaired) electrons. The van der Waals surface area contributed by atoms with Crippen molar-refractivity contribution in [1.29, 1.82) is 0 Å². The van der Waals surface area contributed by atoms with Crippen molar-refractivity contribution in [1.82, 2.24) is 59.3 Å². The zero-order valence-corrected chi connectivity index (χ0v) is 79.5. The number of likely N-dealkylation sites (N-methyl/N-ethyl adjacent to an activating group) is 3. The van der Waals surface area contributed by atoms with Crippen LogP contribution in [0.25, 0.3) is 0 Å². The molecule has 0 aromatic carbocycles. The number of aliphatic hydroxyl groups is 3. The second kappa shape index (κ2) is 43.8. The van der Waals surface area contributed by atoms with Crippen LogP contribution in [0.1, 0.15) is 249 Å². The lowest BCUT2D eigenvalue weighted by atomic mass is 9.76. The number of β-amino-alcohol motifs (C(OH)–C–C–N with tert-alkyl or cyclic N) is 3. The first kappa shape index (κ1) is 95.9. The van der Waals surface area contributed by atoms with Crippen molar-refractivity contribution in [2.45, 2.75) is 232 Å². The minimum atomic E-state index is -0.473. The van der Waals surface area contributed by atoms with Crippen LogP contribution in [0.5, 0.6) is 0 Å². The highest BCUT2D eigenvalue weighted by molar-refractivity contribution is 5.94. The highest BCUT2D eigenvalue weighted by atomic mass is 16.3. The molecule has 0 spiro atoms. The maximum Gasteiger partial charge on any atom is 0.228 e. The van der Waals surface area contributed by atoms with Crippen LogP contribution in [-0.2, 0) is 14.4 Å². The summed E-state index contributed by atoms with van der Waals surface area (Å²) in [5, 5.41) is 32.1. The Hall–Kier alpha value is -7.65. The number of rotatable bonds is 21. The van der Waals surface area contributed by atoms with E-state index in [1.165, 1.54) is 75.6 Å². The van der Waals surface area contributed by atoms with Crippen LogP contribution in [0.15, 0.2) is 110 Å². The van der Waals surface area contributed by atoms with Crippen LogP contribution in [0.2, 0.25) is 0 Å². The summed E-state index contributed by atoms with van der Waals surface area (Å²) in [6, 6.07) is 31.0. The first-order valence-electron chi connectivity index (χ1n) is 48.7. The molecule has 3 N–H and O–H groups in total. The summed E-state index contributed by atoms with van der Waals surface area (Å²) >= 11 is 0. The predicted octanol–water partition coefficient (Wildman–Crippen LogP) is 14.3. The molecule has 0 bridgehead atoms. The SMILES string of the molecule is CC(C)c1ccc(N2CCCC(C3(O)CN(C)C3)C2)cn1.CC(C)c1ccc(N2CCC[C@@H](C3(O)CN(C)C3)C2)cn1.CC(C)c1ccc(N2CCC[C@H](C3(O)CN(C)C3)C2)cn1.CC(C)c1cccc(N2CC(CN3CCC3)CCC2=O)n1.CC(C)c1cccc(N2C[C@@H](CN3CCC3)CCC2=O)n1.CC(C)c1cccc(N2C[C@H](CN3CCC3)CCC2=O)n1. The molecule has 6 atom stereocenters. The highest BCUT2D eigenvalue weighted by Gasteiger charge is 2.50. The molecule has 6 aromatic heterocycles. The number of hydrogen-bond acceptors (Lipinski definition) is 21. The molecule has 18 rings (SSSR count). The lowest BCUT2D eigenvalue weighted by molar-refractivity contribution is -0.128. The maximum absolute atomic E-state index is 12.3. The molecule has 0 saturated carbocycles. The first-order valence-corrected chi connectivity index (χ1v) is 48.7. The van der Waals surface area contributed by atoms with E-state index >= 15 is 0 Å². The Bertz CT molecular complexity index is 3960. The summed E-state index contributed by atoms with van der Waals surface area (Å²) in [5.41, 5.74) is 8.78. The third kappa shape index (κ3) is 25.3. The number of carbonyl (C=O) groups excluding carboxylic acids is 3. The van der Waals surface area contributed by atoms with Gasteiger partial charge >= 0.3 is 0 Å². The molecule has 6 aromatic rings. The van der Waals surface area contributed by atoms with E-state index < -0.39 is 16.8 Å². The van der Waals surface area contributed by atoms with Crippen LogP contribution in [0.3, 0.4) is 0 Å². The van der Waals surface area contributed by atoms with Gasteiger partial charge in [-0.15, -0.1) is 0 Å². The van der Waals surface area contributed by atoms with Gasteiger partial charge in [-0.3, -0.25) is 44.0 Å². The third-order valence-corrected chi connectivity index (χ3v) is 28.8. The van der Waals surface area contributed by atoms with Crippen LogP contribution < -0.4 is 29.4 Å². The van der Waals surface area contributed by atoms with E-state index in [4.69, 9.17) is 0 Å². The Balaban J connectivity index is 0.000000130. The van der Waals surface area contributed by atoms with E-state index in [2.05, 4.69) is 215 Å². The fraction of sp³-hybridized carbons (Fsp3) is 0.676. The fourth-order valence-corrected chi connectivity index (χ4v) is 20.5. The number of pyridine rings is 6. The summed E-state index contributed by atoms with van der Waals surface area (Å²) in [4.78, 5) is 91.5. The summed E-state index contributed by atoms with van der Waals surface area (Å²) in [7, 11) is 6.22. The number of amides is 3. The number of likely N-dealkylation sites (tertiary alicyclic amines) is 6. The highest BCUT2D eigenvalue weighted by Crippen LogP contribution is 2.40. The second-order valence-electron chi connectivity index (χ2n) is 41.4. The molecular formula is C102H156N18O6. The molecular weight excluding hydrogens is 1570 g/mol. The lowest BCUT2D eigenvalue weighted by Gasteiger charge is -2.52. The second-order valence-corrected chi connectivity index (χ2v) is 41.4. The van der Waals surface area contributed by atoms with Crippen molar-refractivity contribution in [3.8, 4) is 0 Å². The van der Waals surface area contributed by atoms with Gasteiger partial charge in [0.05, 0.1) is 52.5 Å². The molecule has 24 nitrogen and oxygen atoms in total. The van der Waals surface area contributed by atoms with Crippen molar-refractivity contribution in [2.24, 2.45) is 35.5 Å². The van der Waals surface area contributed by atoms with Crippen LogP contribution in [-0.4, -0.2) is 287 Å². The number of anilines is 6. The summed E-state index contributed by atoms with van der Waals surface area (Å²) in [6.07, 6.45) is 21.9. The van der Waals surface area contributed by atoms with Crippen molar-refractivity contribution < 1.29 is 29.7 Å². The third-order valence-electron chi connectivity index (χ3n) is 28.8. The van der Waals surface area contributed by atoms with E-state index in [0.29, 0.717) is 90.3 Å². The normalized spacial score (nSPS) is 24.7. The monoisotopic (exact) mass is 1730 g/mol. The van der Waals surface area contributed by atoms with Gasteiger partial charge in [0.25, 0.3) is 0 Å². The van der Waals surface area contributed by atoms with E-state index in [-0.39, 0.29) is 17.7 Å². The minimum absolute atomic E-state index is 0.225. The Kier molecular flexibility index (Phi) is 33.4. The van der Waals surface area contributed by atoms with Gasteiger partial charge in [-0.25, -0.2) is 15.0 Å². The minimum Gasteiger partial charge on any atom is -0.387 e. The lowest BCUT2D eigenvalue weighted by Crippen LogP contribution is -2.66. The maximum atomic E-state index is 12.3. The Labute approximate surface area is 755 Å². The van der Waals surface area contributed by atoms with E-state index in [1.54, 1.807) is 0 Å². The molecule has 2 unspecified atom stereocenters. The largest absolute Gasteiger partial charge is 0.387 e. The van der Waals surface area contributed by atoms with Gasteiger partial charge in [0, 0.05) is 189 Å². The smallest absolute Gasteiger partial charge is 0.228 e. The van der Waals surface area contributed by atoms with E-state index in [9.17, 15) is 29.7 Å². The standard InChI is InChI=1S/3C17H27N3O.3C17H25N3O/c3*1-13(2)16-7-6-15(9-18-16)20-8-4-5-14(10-20)17(21)11-19(3)12-17;3*1-13(2)15-5-3-6-16(18-15)20-12-14(7-8-17(20)21)11-19-9-4-10-19/h3*6-7,9,13-14,21H,4-5,8,10-12H2,1-3H3;3*3,5-6,13-14H,4,7-12H2,1-2H3/t2*14-;;2*14-;/m10.10./s1. The number of piperidine rings is 6. The number of nitrogens with zero attached hydrogens (tertiary/aromatic N) is 18. The Morgan fingerprint density at radius 1 is 0.317 bits per heavy atom. The van der Waals surface area contributed by atoms with Crippen molar-refractivity contribution >= 4 is 52.2 Å². The zero-order chi connectivity index (χ0) is 89.6. The molecule has 12 saturated heterocycles. The molecule has 3 amide bonds. The number of aromatic nitrogens is 6. The zero-order valence-electron chi connectivity index (χ0n) is 79.5. The van der Waals surface area contributed by atoms with Gasteiger partial charge in [0.2, 0.25) is 17.7 Å². The summed E-state index contributed by atoms with van der Waals surface area (Å²) in [6.45, 7) is 50.0. The van der Waals surface area contributed by atoms with Gasteiger partial charge in [-0.05, 0) is 264 Å².